The smallest absolute Gasteiger partial charge is 0.328 e. The number of aliphatic hydroxyl groups excluding tert-OH is 1. The number of amides is 1. The summed E-state index contributed by atoms with van der Waals surface area (Å²) in [5.41, 5.74) is 1.03. The first-order valence-corrected chi connectivity index (χ1v) is 6.03. The molecule has 0 spiro atoms. The fourth-order valence-corrected chi connectivity index (χ4v) is 2.26. The lowest BCUT2D eigenvalue weighted by Crippen LogP contribution is -2.41. The molecule has 0 radical (unpaired) electrons. The molecule has 0 aliphatic carbocycles. The van der Waals surface area contributed by atoms with E-state index >= 15 is 0 Å². The van der Waals surface area contributed by atoms with Gasteiger partial charge in [0.05, 0.1) is 18.8 Å². The molecule has 0 saturated carbocycles. The normalized spacial score (nSPS) is 22.4. The lowest BCUT2D eigenvalue weighted by Gasteiger charge is -2.22. The van der Waals surface area contributed by atoms with Gasteiger partial charge in [-0.1, -0.05) is 0 Å². The molecule has 1 saturated heterocycles. The summed E-state index contributed by atoms with van der Waals surface area (Å²) in [6.45, 7) is 1.86. The number of hydrogen-bond acceptors (Lipinski definition) is 5. The van der Waals surface area contributed by atoms with Crippen LogP contribution in [0.25, 0.3) is 0 Å². The summed E-state index contributed by atoms with van der Waals surface area (Å²) >= 11 is 0. The van der Waals surface area contributed by atoms with Gasteiger partial charge < -0.3 is 14.7 Å². The average Bonchev–Trinajstić information content (AvgIpc) is 2.79. The lowest BCUT2D eigenvalue weighted by atomic mass is 10.1. The van der Waals surface area contributed by atoms with Gasteiger partial charge in [-0.3, -0.25) is 9.78 Å². The molecule has 1 amide bonds. The minimum Gasteiger partial charge on any atom is -0.467 e. The van der Waals surface area contributed by atoms with Crippen LogP contribution < -0.4 is 0 Å². The molecule has 0 bridgehead atoms. The lowest BCUT2D eigenvalue weighted by molar-refractivity contribution is -0.145. The highest BCUT2D eigenvalue weighted by Crippen LogP contribution is 2.22. The molecule has 102 valence electrons. The first-order valence-electron chi connectivity index (χ1n) is 6.03. The Morgan fingerprint density at radius 2 is 2.26 bits per heavy atom. The largest absolute Gasteiger partial charge is 0.467 e. The summed E-state index contributed by atoms with van der Waals surface area (Å²) in [6.07, 6.45) is 1.10. The highest BCUT2D eigenvalue weighted by molar-refractivity contribution is 5.98. The molecule has 1 fully saturated rings. The highest BCUT2D eigenvalue weighted by Gasteiger charge is 2.40. The molecule has 2 atom stereocenters. The van der Waals surface area contributed by atoms with Crippen LogP contribution in [-0.4, -0.2) is 52.7 Å². The van der Waals surface area contributed by atoms with Crippen LogP contribution in [0.3, 0.4) is 0 Å². The second-order valence-electron chi connectivity index (χ2n) is 4.52. The van der Waals surface area contributed by atoms with E-state index < -0.39 is 18.1 Å². The number of aliphatic hydroxyl groups is 1. The van der Waals surface area contributed by atoms with E-state index in [1.54, 1.807) is 25.3 Å². The second-order valence-corrected chi connectivity index (χ2v) is 4.52. The fourth-order valence-electron chi connectivity index (χ4n) is 2.26. The zero-order chi connectivity index (χ0) is 14.0. The molecule has 2 unspecified atom stereocenters. The molecular formula is C13H16N2O4. The predicted octanol–water partition coefficient (Wildman–Crippen LogP) is 0.138. The van der Waals surface area contributed by atoms with E-state index in [2.05, 4.69) is 9.72 Å². The molecule has 19 heavy (non-hydrogen) atoms. The minimum absolute atomic E-state index is 0.132. The molecule has 1 N–H and O–H groups in total. The maximum Gasteiger partial charge on any atom is 0.328 e. The number of pyridine rings is 1. The van der Waals surface area contributed by atoms with Crippen LogP contribution in [0.2, 0.25) is 0 Å². The number of carbonyl (C=O) groups excluding carboxylic acids is 2. The topological polar surface area (TPSA) is 79.7 Å². The monoisotopic (exact) mass is 264 g/mol. The number of likely N-dealkylation sites (tertiary alicyclic amines) is 1. The Bertz CT molecular complexity index is 503. The molecule has 1 aliphatic heterocycles. The predicted molar refractivity (Wildman–Crippen MR) is 66.4 cm³/mol. The quantitative estimate of drug-likeness (QED) is 0.768. The van der Waals surface area contributed by atoms with Crippen LogP contribution in [-0.2, 0) is 9.53 Å². The molecule has 2 rings (SSSR count). The van der Waals surface area contributed by atoms with Crippen molar-refractivity contribution in [3.05, 3.63) is 29.6 Å². The van der Waals surface area contributed by atoms with Gasteiger partial charge in [-0.15, -0.1) is 0 Å². The van der Waals surface area contributed by atoms with Crippen LogP contribution in [0.15, 0.2) is 18.3 Å². The number of carbonyl (C=O) groups is 2. The van der Waals surface area contributed by atoms with Gasteiger partial charge in [0.2, 0.25) is 0 Å². The zero-order valence-electron chi connectivity index (χ0n) is 10.9. The van der Waals surface area contributed by atoms with Gasteiger partial charge in [0.25, 0.3) is 5.91 Å². The summed E-state index contributed by atoms with van der Waals surface area (Å²) in [5, 5.41) is 9.66. The Labute approximate surface area is 111 Å². The summed E-state index contributed by atoms with van der Waals surface area (Å²) in [5.74, 6) is -0.816. The Morgan fingerprint density at radius 3 is 2.89 bits per heavy atom. The second kappa shape index (κ2) is 5.36. The van der Waals surface area contributed by atoms with E-state index in [4.69, 9.17) is 0 Å². The van der Waals surface area contributed by atoms with Crippen molar-refractivity contribution in [1.82, 2.24) is 9.88 Å². The van der Waals surface area contributed by atoms with Gasteiger partial charge >= 0.3 is 5.97 Å². The standard InChI is InChI=1S/C13H16N2O4/c1-8-10(4-3-5-14-8)12(17)15-7-9(16)6-11(15)13(18)19-2/h3-5,9,11,16H,6-7H2,1-2H3. The molecule has 1 aromatic rings. The first kappa shape index (κ1) is 13.5. The van der Waals surface area contributed by atoms with Crippen molar-refractivity contribution in [2.24, 2.45) is 0 Å². The highest BCUT2D eigenvalue weighted by atomic mass is 16.5. The van der Waals surface area contributed by atoms with E-state index in [9.17, 15) is 14.7 Å². The maximum atomic E-state index is 12.4. The molecule has 2 heterocycles. The van der Waals surface area contributed by atoms with Gasteiger partial charge in [-0.25, -0.2) is 4.79 Å². The SMILES string of the molecule is COC(=O)C1CC(O)CN1C(=O)c1cccnc1C. The van der Waals surface area contributed by atoms with Crippen LogP contribution in [0.1, 0.15) is 22.5 Å². The molecule has 6 heteroatoms. The Balaban J connectivity index is 2.27. The van der Waals surface area contributed by atoms with Crippen molar-refractivity contribution in [1.29, 1.82) is 0 Å². The van der Waals surface area contributed by atoms with Crippen LogP contribution in [0.5, 0.6) is 0 Å². The molecule has 1 aromatic heterocycles. The van der Waals surface area contributed by atoms with Gasteiger partial charge in [0.15, 0.2) is 0 Å². The third-order valence-corrected chi connectivity index (χ3v) is 3.25. The Morgan fingerprint density at radius 1 is 1.53 bits per heavy atom. The average molecular weight is 264 g/mol. The number of β-amino-alcohol motifs (C(OH)–C–C–N with tert-alkyl or cyclic N) is 1. The number of ether oxygens (including phenoxy) is 1. The molecule has 1 aliphatic rings. The van der Waals surface area contributed by atoms with Crippen molar-refractivity contribution >= 4 is 11.9 Å². The van der Waals surface area contributed by atoms with Crippen molar-refractivity contribution in [2.45, 2.75) is 25.5 Å². The summed E-state index contributed by atoms with van der Waals surface area (Å²) in [7, 11) is 1.27. The van der Waals surface area contributed by atoms with Crippen molar-refractivity contribution < 1.29 is 19.4 Å². The number of aromatic nitrogens is 1. The molecule has 0 aromatic carbocycles. The number of nitrogens with zero attached hydrogens (tertiary/aromatic N) is 2. The van der Waals surface area contributed by atoms with E-state index in [1.807, 2.05) is 0 Å². The van der Waals surface area contributed by atoms with Crippen LogP contribution in [0.4, 0.5) is 0 Å². The number of methoxy groups -OCH3 is 1. The summed E-state index contributed by atoms with van der Waals surface area (Å²) in [6, 6.07) is 2.59. The van der Waals surface area contributed by atoms with E-state index in [0.717, 1.165) is 0 Å². The zero-order valence-corrected chi connectivity index (χ0v) is 10.9. The minimum atomic E-state index is -0.730. The van der Waals surface area contributed by atoms with Gasteiger partial charge in [-0.05, 0) is 19.1 Å². The van der Waals surface area contributed by atoms with Gasteiger partial charge in [-0.2, -0.15) is 0 Å². The molecule has 6 nitrogen and oxygen atoms in total. The number of hydrogen-bond donors (Lipinski definition) is 1. The number of rotatable bonds is 2. The first-order chi connectivity index (χ1) is 9.04. The van der Waals surface area contributed by atoms with Gasteiger partial charge in [0.1, 0.15) is 6.04 Å². The molecular weight excluding hydrogens is 248 g/mol. The fraction of sp³-hybridized carbons (Fsp3) is 0.462. The summed E-state index contributed by atoms with van der Waals surface area (Å²) in [4.78, 5) is 29.5. The maximum absolute atomic E-state index is 12.4. The summed E-state index contributed by atoms with van der Waals surface area (Å²) < 4.78 is 4.67. The third-order valence-electron chi connectivity index (χ3n) is 3.25. The van der Waals surface area contributed by atoms with Crippen LogP contribution >= 0.6 is 0 Å². The van der Waals surface area contributed by atoms with E-state index in [1.165, 1.54) is 12.0 Å². The Hall–Kier alpha value is -1.95. The number of esters is 1. The number of aryl methyl sites for hydroxylation is 1. The van der Waals surface area contributed by atoms with Gasteiger partial charge in [0, 0.05) is 24.9 Å². The van der Waals surface area contributed by atoms with Crippen molar-refractivity contribution in [3.63, 3.8) is 0 Å². The van der Waals surface area contributed by atoms with Crippen molar-refractivity contribution in [2.75, 3.05) is 13.7 Å². The van der Waals surface area contributed by atoms with E-state index in [0.29, 0.717) is 11.3 Å². The third kappa shape index (κ3) is 2.58. The van der Waals surface area contributed by atoms with Crippen molar-refractivity contribution in [3.8, 4) is 0 Å². The van der Waals surface area contributed by atoms with E-state index in [-0.39, 0.29) is 18.9 Å². The Kier molecular flexibility index (Phi) is 3.80. The van der Waals surface area contributed by atoms with Crippen LogP contribution in [0, 0.1) is 6.92 Å².